The standard InChI is InChI=1S/C11H23N3O2/c1-4-5-7-13-10(15)9-12-8-6-11(16)14(2)3/h12H,4-9H2,1-3H3,(H,13,15). The molecule has 0 fully saturated rings. The van der Waals surface area contributed by atoms with Gasteiger partial charge in [0.2, 0.25) is 11.8 Å². The molecule has 0 aromatic carbocycles. The number of unbranched alkanes of at least 4 members (excludes halogenated alkanes) is 1. The van der Waals surface area contributed by atoms with Crippen molar-refractivity contribution in [1.82, 2.24) is 15.5 Å². The molecule has 0 aromatic rings. The van der Waals surface area contributed by atoms with E-state index in [1.54, 1.807) is 19.0 Å². The molecule has 0 aliphatic rings. The van der Waals surface area contributed by atoms with Crippen LogP contribution in [-0.4, -0.2) is 50.4 Å². The van der Waals surface area contributed by atoms with Crippen LogP contribution < -0.4 is 10.6 Å². The molecule has 0 spiro atoms. The van der Waals surface area contributed by atoms with Gasteiger partial charge < -0.3 is 15.5 Å². The van der Waals surface area contributed by atoms with Gasteiger partial charge in [0.1, 0.15) is 0 Å². The summed E-state index contributed by atoms with van der Waals surface area (Å²) in [6.07, 6.45) is 2.51. The molecule has 5 nitrogen and oxygen atoms in total. The monoisotopic (exact) mass is 229 g/mol. The van der Waals surface area contributed by atoms with Crippen LogP contribution >= 0.6 is 0 Å². The zero-order chi connectivity index (χ0) is 12.4. The van der Waals surface area contributed by atoms with Crippen molar-refractivity contribution in [3.63, 3.8) is 0 Å². The number of amides is 2. The van der Waals surface area contributed by atoms with Crippen molar-refractivity contribution in [2.75, 3.05) is 33.7 Å². The first-order chi connectivity index (χ1) is 7.57. The first kappa shape index (κ1) is 14.9. The van der Waals surface area contributed by atoms with Gasteiger partial charge in [0.25, 0.3) is 0 Å². The number of carbonyl (C=O) groups is 2. The summed E-state index contributed by atoms with van der Waals surface area (Å²) in [5.41, 5.74) is 0. The van der Waals surface area contributed by atoms with E-state index in [1.807, 2.05) is 0 Å². The Morgan fingerprint density at radius 1 is 1.19 bits per heavy atom. The van der Waals surface area contributed by atoms with Crippen molar-refractivity contribution in [1.29, 1.82) is 0 Å². The molecule has 0 atom stereocenters. The second-order valence-corrected chi connectivity index (χ2v) is 3.92. The second-order valence-electron chi connectivity index (χ2n) is 3.92. The van der Waals surface area contributed by atoms with E-state index in [1.165, 1.54) is 0 Å². The Hall–Kier alpha value is -1.10. The lowest BCUT2D eigenvalue weighted by Gasteiger charge is -2.10. The van der Waals surface area contributed by atoms with Gasteiger partial charge in [-0.15, -0.1) is 0 Å². The van der Waals surface area contributed by atoms with E-state index < -0.39 is 0 Å². The fraction of sp³-hybridized carbons (Fsp3) is 0.818. The van der Waals surface area contributed by atoms with Crippen molar-refractivity contribution >= 4 is 11.8 Å². The van der Waals surface area contributed by atoms with Gasteiger partial charge in [-0.05, 0) is 6.42 Å². The van der Waals surface area contributed by atoms with Crippen molar-refractivity contribution in [2.45, 2.75) is 26.2 Å². The molecule has 0 aliphatic heterocycles. The smallest absolute Gasteiger partial charge is 0.233 e. The van der Waals surface area contributed by atoms with E-state index in [0.717, 1.165) is 19.4 Å². The van der Waals surface area contributed by atoms with Crippen LogP contribution in [0.15, 0.2) is 0 Å². The second kappa shape index (κ2) is 9.15. The molecule has 0 unspecified atom stereocenters. The highest BCUT2D eigenvalue weighted by Gasteiger charge is 2.04. The number of nitrogens with one attached hydrogen (secondary N) is 2. The zero-order valence-corrected chi connectivity index (χ0v) is 10.5. The first-order valence-corrected chi connectivity index (χ1v) is 5.75. The summed E-state index contributed by atoms with van der Waals surface area (Å²) < 4.78 is 0. The molecular formula is C11H23N3O2. The summed E-state index contributed by atoms with van der Waals surface area (Å²) in [5.74, 6) is 0.0599. The van der Waals surface area contributed by atoms with Gasteiger partial charge >= 0.3 is 0 Å². The van der Waals surface area contributed by atoms with E-state index in [9.17, 15) is 9.59 Å². The number of nitrogens with zero attached hydrogens (tertiary/aromatic N) is 1. The van der Waals surface area contributed by atoms with Crippen molar-refractivity contribution < 1.29 is 9.59 Å². The highest BCUT2D eigenvalue weighted by atomic mass is 16.2. The minimum absolute atomic E-state index is 0.00856. The molecule has 0 aliphatic carbocycles. The van der Waals surface area contributed by atoms with Gasteiger partial charge in [0, 0.05) is 33.6 Å². The summed E-state index contributed by atoms with van der Waals surface area (Å²) in [7, 11) is 3.44. The summed E-state index contributed by atoms with van der Waals surface area (Å²) in [6, 6.07) is 0. The lowest BCUT2D eigenvalue weighted by atomic mass is 10.3. The Balaban J connectivity index is 3.37. The third kappa shape index (κ3) is 8.23. The predicted molar refractivity (Wildman–Crippen MR) is 64.1 cm³/mol. The van der Waals surface area contributed by atoms with Gasteiger partial charge in [-0.25, -0.2) is 0 Å². The van der Waals surface area contributed by atoms with Crippen molar-refractivity contribution in [3.05, 3.63) is 0 Å². The van der Waals surface area contributed by atoms with E-state index in [4.69, 9.17) is 0 Å². The summed E-state index contributed by atoms with van der Waals surface area (Å²) in [5, 5.41) is 5.74. The zero-order valence-electron chi connectivity index (χ0n) is 10.5. The van der Waals surface area contributed by atoms with Crippen LogP contribution in [0.4, 0.5) is 0 Å². The Bertz CT molecular complexity index is 217. The number of carbonyl (C=O) groups excluding carboxylic acids is 2. The maximum absolute atomic E-state index is 11.2. The Kier molecular flexibility index (Phi) is 8.52. The summed E-state index contributed by atoms with van der Waals surface area (Å²) >= 11 is 0. The summed E-state index contributed by atoms with van der Waals surface area (Å²) in [6.45, 7) is 3.63. The van der Waals surface area contributed by atoms with Crippen molar-refractivity contribution in [2.24, 2.45) is 0 Å². The van der Waals surface area contributed by atoms with Crippen LogP contribution in [0.1, 0.15) is 26.2 Å². The maximum Gasteiger partial charge on any atom is 0.233 e. The van der Waals surface area contributed by atoms with Gasteiger partial charge in [0.15, 0.2) is 0 Å². The quantitative estimate of drug-likeness (QED) is 0.575. The SMILES string of the molecule is CCCCNC(=O)CNCCC(=O)N(C)C. The van der Waals surface area contributed by atoms with Gasteiger partial charge in [0.05, 0.1) is 6.54 Å². The molecule has 0 heterocycles. The molecule has 0 radical (unpaired) electrons. The third-order valence-electron chi connectivity index (χ3n) is 2.15. The highest BCUT2D eigenvalue weighted by molar-refractivity contribution is 5.78. The maximum atomic E-state index is 11.2. The fourth-order valence-electron chi connectivity index (χ4n) is 1.09. The van der Waals surface area contributed by atoms with Gasteiger partial charge in [-0.3, -0.25) is 9.59 Å². The third-order valence-corrected chi connectivity index (χ3v) is 2.15. The molecule has 94 valence electrons. The first-order valence-electron chi connectivity index (χ1n) is 5.75. The topological polar surface area (TPSA) is 61.4 Å². The molecule has 2 N–H and O–H groups in total. The molecule has 5 heteroatoms. The van der Waals surface area contributed by atoms with Gasteiger partial charge in [-0.1, -0.05) is 13.3 Å². The van der Waals surface area contributed by atoms with Crippen molar-refractivity contribution in [3.8, 4) is 0 Å². The molecule has 0 bridgehead atoms. The minimum atomic E-state index is -0.00856. The number of hydrogen-bond donors (Lipinski definition) is 2. The largest absolute Gasteiger partial charge is 0.355 e. The summed E-state index contributed by atoms with van der Waals surface area (Å²) in [4.78, 5) is 24.0. The van der Waals surface area contributed by atoms with Crippen LogP contribution in [0, 0.1) is 0 Å². The molecule has 2 amide bonds. The Labute approximate surface area is 97.6 Å². The average Bonchev–Trinajstić information content (AvgIpc) is 2.24. The average molecular weight is 229 g/mol. The van der Waals surface area contributed by atoms with Crippen LogP contribution in [-0.2, 0) is 9.59 Å². The normalized spacial score (nSPS) is 9.94. The molecule has 0 saturated carbocycles. The molecule has 0 saturated heterocycles. The molecular weight excluding hydrogens is 206 g/mol. The molecule has 0 aromatic heterocycles. The lowest BCUT2D eigenvalue weighted by Crippen LogP contribution is -2.36. The Morgan fingerprint density at radius 2 is 1.88 bits per heavy atom. The highest BCUT2D eigenvalue weighted by Crippen LogP contribution is 1.85. The van der Waals surface area contributed by atoms with E-state index in [-0.39, 0.29) is 18.4 Å². The molecule has 0 rings (SSSR count). The van der Waals surface area contributed by atoms with E-state index in [0.29, 0.717) is 13.0 Å². The minimum Gasteiger partial charge on any atom is -0.355 e. The number of rotatable bonds is 8. The van der Waals surface area contributed by atoms with Crippen LogP contribution in [0.25, 0.3) is 0 Å². The van der Waals surface area contributed by atoms with Gasteiger partial charge in [-0.2, -0.15) is 0 Å². The predicted octanol–water partition coefficient (Wildman–Crippen LogP) is -0.0294. The van der Waals surface area contributed by atoms with Crippen LogP contribution in [0.5, 0.6) is 0 Å². The molecule has 16 heavy (non-hydrogen) atoms. The lowest BCUT2D eigenvalue weighted by molar-refractivity contribution is -0.128. The van der Waals surface area contributed by atoms with Crippen LogP contribution in [0.2, 0.25) is 0 Å². The number of hydrogen-bond acceptors (Lipinski definition) is 3. The van der Waals surface area contributed by atoms with E-state index in [2.05, 4.69) is 17.6 Å². The van der Waals surface area contributed by atoms with E-state index >= 15 is 0 Å². The fourth-order valence-corrected chi connectivity index (χ4v) is 1.09. The van der Waals surface area contributed by atoms with Crippen LogP contribution in [0.3, 0.4) is 0 Å². The Morgan fingerprint density at radius 3 is 2.44 bits per heavy atom.